The zero-order chi connectivity index (χ0) is 11.8. The lowest BCUT2D eigenvalue weighted by Gasteiger charge is -2.29. The fourth-order valence-corrected chi connectivity index (χ4v) is 3.32. The summed E-state index contributed by atoms with van der Waals surface area (Å²) in [6, 6.07) is 3.77. The molecule has 1 fully saturated rings. The largest absolute Gasteiger partial charge is 0.330 e. The van der Waals surface area contributed by atoms with Crippen LogP contribution in [0.2, 0.25) is 0 Å². The van der Waals surface area contributed by atoms with Crippen molar-refractivity contribution in [2.24, 2.45) is 5.73 Å². The van der Waals surface area contributed by atoms with E-state index in [2.05, 4.69) is 15.9 Å². The van der Waals surface area contributed by atoms with Crippen LogP contribution >= 0.6 is 15.9 Å². The van der Waals surface area contributed by atoms with E-state index in [-0.39, 0.29) is 11.2 Å². The van der Waals surface area contributed by atoms with Crippen molar-refractivity contribution in [2.45, 2.75) is 38.0 Å². The molecule has 2 N–H and O–H groups in total. The van der Waals surface area contributed by atoms with Gasteiger partial charge in [-0.2, -0.15) is 0 Å². The average molecular weight is 286 g/mol. The maximum Gasteiger partial charge on any atom is 0.141 e. The van der Waals surface area contributed by atoms with Crippen molar-refractivity contribution < 1.29 is 4.39 Å². The first-order valence-electron chi connectivity index (χ1n) is 5.75. The van der Waals surface area contributed by atoms with Crippen molar-refractivity contribution in [3.8, 4) is 0 Å². The van der Waals surface area contributed by atoms with Crippen LogP contribution in [0.3, 0.4) is 0 Å². The molecule has 0 heterocycles. The fraction of sp³-hybridized carbons (Fsp3) is 0.538. The van der Waals surface area contributed by atoms with Crippen molar-refractivity contribution >= 4 is 15.9 Å². The molecule has 1 aromatic rings. The molecule has 0 aliphatic heterocycles. The smallest absolute Gasteiger partial charge is 0.141 e. The van der Waals surface area contributed by atoms with E-state index in [0.717, 1.165) is 36.8 Å². The van der Waals surface area contributed by atoms with Crippen LogP contribution in [0.4, 0.5) is 4.39 Å². The Labute approximate surface area is 104 Å². The monoisotopic (exact) mass is 285 g/mol. The van der Waals surface area contributed by atoms with E-state index in [1.807, 2.05) is 19.1 Å². The first-order chi connectivity index (χ1) is 7.59. The highest BCUT2D eigenvalue weighted by Gasteiger charge is 2.36. The van der Waals surface area contributed by atoms with Crippen LogP contribution in [0.25, 0.3) is 0 Å². The molecular formula is C13H17BrFN. The molecule has 1 aliphatic carbocycles. The van der Waals surface area contributed by atoms with Crippen LogP contribution in [-0.4, -0.2) is 6.54 Å². The van der Waals surface area contributed by atoms with Crippen molar-refractivity contribution in [1.29, 1.82) is 0 Å². The molecule has 0 atom stereocenters. The molecule has 3 heteroatoms. The van der Waals surface area contributed by atoms with Gasteiger partial charge in [0.15, 0.2) is 0 Å². The lowest BCUT2D eigenvalue weighted by atomic mass is 9.78. The van der Waals surface area contributed by atoms with Crippen molar-refractivity contribution in [3.63, 3.8) is 0 Å². The normalized spacial score (nSPS) is 19.0. The highest BCUT2D eigenvalue weighted by molar-refractivity contribution is 9.10. The van der Waals surface area contributed by atoms with E-state index >= 15 is 0 Å². The predicted molar refractivity (Wildman–Crippen MR) is 68.0 cm³/mol. The minimum Gasteiger partial charge on any atom is -0.330 e. The van der Waals surface area contributed by atoms with Crippen LogP contribution in [0.1, 0.15) is 36.8 Å². The van der Waals surface area contributed by atoms with Crippen LogP contribution in [-0.2, 0) is 5.41 Å². The van der Waals surface area contributed by atoms with Gasteiger partial charge in [0.2, 0.25) is 0 Å². The van der Waals surface area contributed by atoms with Gasteiger partial charge < -0.3 is 5.73 Å². The Kier molecular flexibility index (Phi) is 3.36. The summed E-state index contributed by atoms with van der Waals surface area (Å²) >= 11 is 3.28. The summed E-state index contributed by atoms with van der Waals surface area (Å²) in [6.45, 7) is 2.53. The predicted octanol–water partition coefficient (Wildman–Crippen LogP) is 3.67. The first-order valence-corrected chi connectivity index (χ1v) is 6.54. The lowest BCUT2D eigenvalue weighted by molar-refractivity contribution is 0.425. The van der Waals surface area contributed by atoms with Gasteiger partial charge in [-0.15, -0.1) is 0 Å². The van der Waals surface area contributed by atoms with Gasteiger partial charge in [-0.1, -0.05) is 18.9 Å². The minimum absolute atomic E-state index is 0.126. The fourth-order valence-electron chi connectivity index (χ4n) is 2.75. The number of benzene rings is 1. The number of nitrogens with two attached hydrogens (primary N) is 1. The van der Waals surface area contributed by atoms with Gasteiger partial charge in [-0.25, -0.2) is 4.39 Å². The van der Waals surface area contributed by atoms with Crippen molar-refractivity contribution in [2.75, 3.05) is 6.54 Å². The molecule has 0 amide bonds. The van der Waals surface area contributed by atoms with Crippen LogP contribution in [0.15, 0.2) is 16.6 Å². The Hall–Kier alpha value is -0.410. The molecule has 16 heavy (non-hydrogen) atoms. The summed E-state index contributed by atoms with van der Waals surface area (Å²) in [4.78, 5) is 0. The number of aryl methyl sites for hydroxylation is 1. The van der Waals surface area contributed by atoms with E-state index in [1.54, 1.807) is 0 Å². The van der Waals surface area contributed by atoms with E-state index in [0.29, 0.717) is 11.0 Å². The minimum atomic E-state index is -0.127. The lowest BCUT2D eigenvalue weighted by Crippen LogP contribution is -2.33. The Morgan fingerprint density at radius 2 is 2.00 bits per heavy atom. The van der Waals surface area contributed by atoms with Gasteiger partial charge >= 0.3 is 0 Å². The molecule has 0 unspecified atom stereocenters. The molecule has 1 nitrogen and oxygen atoms in total. The zero-order valence-corrected chi connectivity index (χ0v) is 11.1. The summed E-state index contributed by atoms with van der Waals surface area (Å²) in [5, 5.41) is 0. The van der Waals surface area contributed by atoms with Gasteiger partial charge in [0.25, 0.3) is 0 Å². The average Bonchev–Trinajstić information content (AvgIpc) is 2.73. The van der Waals surface area contributed by atoms with Crippen molar-refractivity contribution in [3.05, 3.63) is 33.5 Å². The Balaban J connectivity index is 2.53. The summed E-state index contributed by atoms with van der Waals surface area (Å²) in [5.41, 5.74) is 7.65. The SMILES string of the molecule is Cc1cc(Br)c(F)c(C2(CN)CCCC2)c1. The first kappa shape index (κ1) is 12.1. The number of halogens is 2. The second kappa shape index (κ2) is 4.46. The van der Waals surface area contributed by atoms with E-state index in [1.165, 1.54) is 0 Å². The molecule has 0 radical (unpaired) electrons. The second-order valence-corrected chi connectivity index (χ2v) is 5.65. The highest BCUT2D eigenvalue weighted by Crippen LogP contribution is 2.42. The molecule has 1 saturated carbocycles. The molecule has 1 aromatic carbocycles. The van der Waals surface area contributed by atoms with Crippen molar-refractivity contribution in [1.82, 2.24) is 0 Å². The number of rotatable bonds is 2. The van der Waals surface area contributed by atoms with Gasteiger partial charge in [0.05, 0.1) is 4.47 Å². The topological polar surface area (TPSA) is 26.0 Å². The standard InChI is InChI=1S/C13H17BrFN/c1-9-6-10(12(15)11(14)7-9)13(8-16)4-2-3-5-13/h6-7H,2-5,8,16H2,1H3. The molecule has 0 spiro atoms. The van der Waals surface area contributed by atoms with Crippen LogP contribution in [0, 0.1) is 12.7 Å². The Morgan fingerprint density at radius 1 is 1.38 bits per heavy atom. The van der Waals surface area contributed by atoms with E-state index < -0.39 is 0 Å². The molecule has 2 rings (SSSR count). The summed E-state index contributed by atoms with van der Waals surface area (Å²) < 4.78 is 14.7. The second-order valence-electron chi connectivity index (χ2n) is 4.80. The zero-order valence-electron chi connectivity index (χ0n) is 9.52. The summed E-state index contributed by atoms with van der Waals surface area (Å²) in [6.07, 6.45) is 4.33. The summed E-state index contributed by atoms with van der Waals surface area (Å²) in [7, 11) is 0. The van der Waals surface area contributed by atoms with Gasteiger partial charge in [0, 0.05) is 12.0 Å². The van der Waals surface area contributed by atoms with E-state index in [4.69, 9.17) is 5.73 Å². The molecule has 0 aromatic heterocycles. The molecule has 1 aliphatic rings. The third kappa shape index (κ3) is 1.91. The van der Waals surface area contributed by atoms with Crippen LogP contribution in [0.5, 0.6) is 0 Å². The third-order valence-electron chi connectivity index (χ3n) is 3.70. The maximum absolute atomic E-state index is 14.2. The molecular weight excluding hydrogens is 269 g/mol. The van der Waals surface area contributed by atoms with Crippen LogP contribution < -0.4 is 5.73 Å². The maximum atomic E-state index is 14.2. The third-order valence-corrected chi connectivity index (χ3v) is 4.27. The van der Waals surface area contributed by atoms with Gasteiger partial charge in [-0.05, 0) is 52.9 Å². The van der Waals surface area contributed by atoms with Gasteiger partial charge in [0.1, 0.15) is 5.82 Å². The molecule has 88 valence electrons. The molecule has 0 bridgehead atoms. The number of hydrogen-bond acceptors (Lipinski definition) is 1. The van der Waals surface area contributed by atoms with Gasteiger partial charge in [-0.3, -0.25) is 0 Å². The highest BCUT2D eigenvalue weighted by atomic mass is 79.9. The quantitative estimate of drug-likeness (QED) is 0.882. The number of hydrogen-bond donors (Lipinski definition) is 1. The van der Waals surface area contributed by atoms with E-state index in [9.17, 15) is 4.39 Å². The summed E-state index contributed by atoms with van der Waals surface area (Å²) in [5.74, 6) is -0.127. The Bertz CT molecular complexity index is 397. The molecule has 0 saturated heterocycles. The Morgan fingerprint density at radius 3 is 2.56 bits per heavy atom.